The quantitative estimate of drug-likeness (QED) is 0.822. The third kappa shape index (κ3) is 3.47. The standard InChI is InChI=1S/C17H20N2O2S/c1-2-19(10-16-9-18-12-22-16)17(20)11-21-15-7-6-13-4-3-5-14(13)8-15/h6-9,12H,2-5,10-11H2,1H3. The van der Waals surface area contributed by atoms with Gasteiger partial charge in [0.25, 0.3) is 5.91 Å². The fraction of sp³-hybridized carbons (Fsp3) is 0.412. The second kappa shape index (κ2) is 6.92. The van der Waals surface area contributed by atoms with Crippen molar-refractivity contribution in [2.24, 2.45) is 0 Å². The summed E-state index contributed by atoms with van der Waals surface area (Å²) in [6.07, 6.45) is 5.30. The third-order valence-corrected chi connectivity index (χ3v) is 4.76. The van der Waals surface area contributed by atoms with E-state index in [4.69, 9.17) is 4.74 Å². The Morgan fingerprint density at radius 2 is 2.23 bits per heavy atom. The molecule has 22 heavy (non-hydrogen) atoms. The molecule has 116 valence electrons. The number of aryl methyl sites for hydroxylation is 2. The first-order valence-corrected chi connectivity index (χ1v) is 8.54. The Balaban J connectivity index is 1.56. The first-order chi connectivity index (χ1) is 10.8. The lowest BCUT2D eigenvalue weighted by Gasteiger charge is -2.20. The first kappa shape index (κ1) is 15.0. The van der Waals surface area contributed by atoms with Gasteiger partial charge in [-0.2, -0.15) is 0 Å². The molecule has 0 aliphatic heterocycles. The molecule has 0 saturated heterocycles. The fourth-order valence-electron chi connectivity index (χ4n) is 2.76. The number of benzene rings is 1. The second-order valence-corrected chi connectivity index (χ2v) is 6.42. The Morgan fingerprint density at radius 1 is 1.36 bits per heavy atom. The number of carbonyl (C=O) groups is 1. The summed E-state index contributed by atoms with van der Waals surface area (Å²) in [5, 5.41) is 0. The predicted molar refractivity (Wildman–Crippen MR) is 87.2 cm³/mol. The Kier molecular flexibility index (Phi) is 4.73. The maximum atomic E-state index is 12.3. The lowest BCUT2D eigenvalue weighted by molar-refractivity contribution is -0.133. The number of likely N-dealkylation sites (N-methyl/N-ethyl adjacent to an activating group) is 1. The summed E-state index contributed by atoms with van der Waals surface area (Å²) in [5.74, 6) is 0.805. The Labute approximate surface area is 134 Å². The summed E-state index contributed by atoms with van der Waals surface area (Å²) in [5.41, 5.74) is 4.57. The predicted octanol–water partition coefficient (Wildman–Crippen LogP) is 3.06. The highest BCUT2D eigenvalue weighted by atomic mass is 32.1. The van der Waals surface area contributed by atoms with E-state index in [0.717, 1.165) is 23.5 Å². The molecular weight excluding hydrogens is 296 g/mol. The van der Waals surface area contributed by atoms with Crippen LogP contribution in [0.3, 0.4) is 0 Å². The van der Waals surface area contributed by atoms with Crippen molar-refractivity contribution in [1.82, 2.24) is 9.88 Å². The minimum Gasteiger partial charge on any atom is -0.484 e. The molecule has 1 aliphatic rings. The number of aromatic nitrogens is 1. The molecule has 1 aliphatic carbocycles. The Morgan fingerprint density at radius 3 is 3.00 bits per heavy atom. The summed E-state index contributed by atoms with van der Waals surface area (Å²) in [6, 6.07) is 6.17. The average molecular weight is 316 g/mol. The molecule has 4 nitrogen and oxygen atoms in total. The van der Waals surface area contributed by atoms with Gasteiger partial charge in [0.2, 0.25) is 0 Å². The van der Waals surface area contributed by atoms with E-state index < -0.39 is 0 Å². The molecule has 0 atom stereocenters. The van der Waals surface area contributed by atoms with Crippen LogP contribution in [0.2, 0.25) is 0 Å². The summed E-state index contributed by atoms with van der Waals surface area (Å²) in [4.78, 5) is 19.2. The van der Waals surface area contributed by atoms with E-state index >= 15 is 0 Å². The molecule has 0 N–H and O–H groups in total. The van der Waals surface area contributed by atoms with Crippen molar-refractivity contribution in [3.8, 4) is 5.75 Å². The van der Waals surface area contributed by atoms with E-state index in [-0.39, 0.29) is 12.5 Å². The first-order valence-electron chi connectivity index (χ1n) is 7.66. The van der Waals surface area contributed by atoms with Crippen LogP contribution in [0.25, 0.3) is 0 Å². The van der Waals surface area contributed by atoms with E-state index in [0.29, 0.717) is 13.1 Å². The molecule has 1 aromatic heterocycles. The normalized spacial score (nSPS) is 13.0. The smallest absolute Gasteiger partial charge is 0.260 e. The minimum atomic E-state index is 0.0106. The molecule has 0 saturated carbocycles. The zero-order valence-electron chi connectivity index (χ0n) is 12.7. The fourth-order valence-corrected chi connectivity index (χ4v) is 3.37. The van der Waals surface area contributed by atoms with Gasteiger partial charge in [0.05, 0.1) is 12.1 Å². The molecule has 0 fully saturated rings. The molecule has 0 unspecified atom stereocenters. The summed E-state index contributed by atoms with van der Waals surface area (Å²) in [6.45, 7) is 3.34. The minimum absolute atomic E-state index is 0.0106. The average Bonchev–Trinajstić information content (AvgIpc) is 3.20. The van der Waals surface area contributed by atoms with Gasteiger partial charge in [0.1, 0.15) is 5.75 Å². The molecule has 1 heterocycles. The number of amides is 1. The van der Waals surface area contributed by atoms with Crippen molar-refractivity contribution >= 4 is 17.2 Å². The van der Waals surface area contributed by atoms with Crippen molar-refractivity contribution in [2.75, 3.05) is 13.2 Å². The van der Waals surface area contributed by atoms with Crippen molar-refractivity contribution in [1.29, 1.82) is 0 Å². The number of hydrogen-bond donors (Lipinski definition) is 0. The number of nitrogens with zero attached hydrogens (tertiary/aromatic N) is 2. The molecule has 0 radical (unpaired) electrons. The number of hydrogen-bond acceptors (Lipinski definition) is 4. The summed E-state index contributed by atoms with van der Waals surface area (Å²) >= 11 is 1.57. The number of ether oxygens (including phenoxy) is 1. The molecule has 3 rings (SSSR count). The Hall–Kier alpha value is -1.88. The van der Waals surface area contributed by atoms with E-state index in [2.05, 4.69) is 17.1 Å². The van der Waals surface area contributed by atoms with Crippen molar-refractivity contribution < 1.29 is 9.53 Å². The molecule has 0 bridgehead atoms. The van der Waals surface area contributed by atoms with Crippen LogP contribution in [0.4, 0.5) is 0 Å². The van der Waals surface area contributed by atoms with E-state index in [1.165, 1.54) is 17.5 Å². The van der Waals surface area contributed by atoms with Crippen LogP contribution in [0, 0.1) is 0 Å². The lowest BCUT2D eigenvalue weighted by Crippen LogP contribution is -2.34. The number of rotatable bonds is 6. The van der Waals surface area contributed by atoms with Crippen molar-refractivity contribution in [2.45, 2.75) is 32.7 Å². The molecule has 1 aromatic carbocycles. The topological polar surface area (TPSA) is 42.4 Å². The van der Waals surface area contributed by atoms with Gasteiger partial charge < -0.3 is 9.64 Å². The maximum Gasteiger partial charge on any atom is 0.260 e. The van der Waals surface area contributed by atoms with Crippen LogP contribution in [0.5, 0.6) is 5.75 Å². The number of carbonyl (C=O) groups excluding carboxylic acids is 1. The molecule has 2 aromatic rings. The zero-order valence-corrected chi connectivity index (χ0v) is 13.6. The second-order valence-electron chi connectivity index (χ2n) is 5.45. The van der Waals surface area contributed by atoms with Crippen LogP contribution < -0.4 is 4.74 Å². The van der Waals surface area contributed by atoms with Gasteiger partial charge in [-0.3, -0.25) is 9.78 Å². The van der Waals surface area contributed by atoms with Gasteiger partial charge in [-0.15, -0.1) is 11.3 Å². The van der Waals surface area contributed by atoms with Gasteiger partial charge in [0.15, 0.2) is 6.61 Å². The van der Waals surface area contributed by atoms with Crippen LogP contribution >= 0.6 is 11.3 Å². The SMILES string of the molecule is CCN(Cc1cncs1)C(=O)COc1ccc2c(c1)CCC2. The van der Waals surface area contributed by atoms with Crippen LogP contribution in [0.15, 0.2) is 29.9 Å². The zero-order chi connectivity index (χ0) is 15.4. The van der Waals surface area contributed by atoms with Gasteiger partial charge in [-0.1, -0.05) is 6.07 Å². The van der Waals surface area contributed by atoms with E-state index in [9.17, 15) is 4.79 Å². The number of fused-ring (bicyclic) bond motifs is 1. The van der Waals surface area contributed by atoms with E-state index in [1.807, 2.05) is 19.2 Å². The van der Waals surface area contributed by atoms with Crippen molar-refractivity contribution in [3.63, 3.8) is 0 Å². The summed E-state index contributed by atoms with van der Waals surface area (Å²) in [7, 11) is 0. The molecule has 0 spiro atoms. The van der Waals surface area contributed by atoms with E-state index in [1.54, 1.807) is 21.7 Å². The molecule has 5 heteroatoms. The van der Waals surface area contributed by atoms with Crippen molar-refractivity contribution in [3.05, 3.63) is 45.9 Å². The largest absolute Gasteiger partial charge is 0.484 e. The highest BCUT2D eigenvalue weighted by molar-refractivity contribution is 7.09. The van der Waals surface area contributed by atoms with Gasteiger partial charge in [-0.05, 0) is 49.4 Å². The van der Waals surface area contributed by atoms with Gasteiger partial charge >= 0.3 is 0 Å². The monoisotopic (exact) mass is 316 g/mol. The maximum absolute atomic E-state index is 12.3. The number of thiazole rings is 1. The lowest BCUT2D eigenvalue weighted by atomic mass is 10.1. The Bertz CT molecular complexity index is 640. The van der Waals surface area contributed by atoms with Crippen LogP contribution in [-0.4, -0.2) is 28.9 Å². The summed E-state index contributed by atoms with van der Waals surface area (Å²) < 4.78 is 5.69. The van der Waals surface area contributed by atoms with Gasteiger partial charge in [-0.25, -0.2) is 0 Å². The molecular formula is C17H20N2O2S. The molecule has 1 amide bonds. The highest BCUT2D eigenvalue weighted by Crippen LogP contribution is 2.26. The van der Waals surface area contributed by atoms with Crippen LogP contribution in [0.1, 0.15) is 29.3 Å². The third-order valence-electron chi connectivity index (χ3n) is 4.00. The van der Waals surface area contributed by atoms with Gasteiger partial charge in [0, 0.05) is 17.6 Å². The highest BCUT2D eigenvalue weighted by Gasteiger charge is 2.15. The van der Waals surface area contributed by atoms with Crippen LogP contribution in [-0.2, 0) is 24.2 Å².